The van der Waals surface area contributed by atoms with Crippen molar-refractivity contribution in [2.75, 3.05) is 14.7 Å². The van der Waals surface area contributed by atoms with Gasteiger partial charge < -0.3 is 0 Å². The summed E-state index contributed by atoms with van der Waals surface area (Å²) in [6.07, 6.45) is -0.574. The smallest absolute Gasteiger partial charge is 0.288 e. The molecule has 2 fully saturated rings. The van der Waals surface area contributed by atoms with E-state index in [-0.39, 0.29) is 0 Å². The minimum Gasteiger partial charge on any atom is -0.288 e. The van der Waals surface area contributed by atoms with E-state index in [4.69, 9.17) is 0 Å². The molecule has 2 bridgehead atoms. The van der Waals surface area contributed by atoms with Gasteiger partial charge in [0.05, 0.1) is 11.4 Å². The number of urea groups is 1. The van der Waals surface area contributed by atoms with Gasteiger partial charge in [-0.3, -0.25) is 19.4 Å². The standard InChI is InChI=1S/C30H22N4O3/c35-27-30-28(36)33(23-16-8-3-9-17-23)29(37)34(30)25-19-11-10-18-24(25)26(32(27)22-14-6-2-7-15-22)31(30)20-21-12-4-1-5-13-21/h1-19,26H,20H2. The van der Waals surface area contributed by atoms with Crippen LogP contribution in [-0.2, 0) is 16.1 Å². The van der Waals surface area contributed by atoms with Crippen LogP contribution in [0.15, 0.2) is 115 Å². The molecule has 4 amide bonds. The van der Waals surface area contributed by atoms with E-state index >= 15 is 0 Å². The van der Waals surface area contributed by atoms with Crippen molar-refractivity contribution in [3.63, 3.8) is 0 Å². The fourth-order valence-electron chi connectivity index (χ4n) is 5.86. The molecule has 2 atom stereocenters. The van der Waals surface area contributed by atoms with Crippen molar-refractivity contribution in [1.29, 1.82) is 0 Å². The highest BCUT2D eigenvalue weighted by Gasteiger charge is 2.76. The fourth-order valence-corrected chi connectivity index (χ4v) is 5.86. The van der Waals surface area contributed by atoms with E-state index in [1.807, 2.05) is 95.9 Å². The van der Waals surface area contributed by atoms with E-state index in [0.717, 1.165) is 16.0 Å². The quantitative estimate of drug-likeness (QED) is 0.304. The third-order valence-electron chi connectivity index (χ3n) is 7.38. The van der Waals surface area contributed by atoms with Crippen molar-refractivity contribution >= 4 is 34.9 Å². The number of anilines is 3. The lowest BCUT2D eigenvalue weighted by atomic mass is 9.98. The molecule has 4 aromatic carbocycles. The monoisotopic (exact) mass is 486 g/mol. The number of nitrogens with zero attached hydrogens (tertiary/aromatic N) is 4. The molecule has 7 rings (SSSR count). The molecule has 180 valence electrons. The van der Waals surface area contributed by atoms with Crippen LogP contribution in [0.25, 0.3) is 0 Å². The molecule has 0 N–H and O–H groups in total. The maximum atomic E-state index is 14.6. The first-order chi connectivity index (χ1) is 18.1. The highest BCUT2D eigenvalue weighted by Crippen LogP contribution is 2.56. The van der Waals surface area contributed by atoms with Crippen LogP contribution in [0.2, 0.25) is 0 Å². The number of carbonyl (C=O) groups is 3. The van der Waals surface area contributed by atoms with Gasteiger partial charge in [-0.2, -0.15) is 0 Å². The second kappa shape index (κ2) is 7.88. The van der Waals surface area contributed by atoms with Gasteiger partial charge in [-0.25, -0.2) is 14.6 Å². The average Bonchev–Trinajstić information content (AvgIpc) is 3.29. The van der Waals surface area contributed by atoms with Gasteiger partial charge in [-0.1, -0.05) is 84.9 Å². The first-order valence-corrected chi connectivity index (χ1v) is 12.2. The first kappa shape index (κ1) is 21.5. The highest BCUT2D eigenvalue weighted by atomic mass is 16.2. The minimum absolute atomic E-state index is 0.299. The number of rotatable bonds is 4. The highest BCUT2D eigenvalue weighted by molar-refractivity contribution is 6.40. The van der Waals surface area contributed by atoms with Gasteiger partial charge in [0, 0.05) is 17.8 Å². The molecule has 2 unspecified atom stereocenters. The maximum Gasteiger partial charge on any atom is 0.338 e. The molecular formula is C30H22N4O3. The van der Waals surface area contributed by atoms with Gasteiger partial charge in [-0.05, 0) is 35.9 Å². The van der Waals surface area contributed by atoms with E-state index in [1.54, 1.807) is 29.2 Å². The maximum absolute atomic E-state index is 14.6. The average molecular weight is 487 g/mol. The van der Waals surface area contributed by atoms with Crippen LogP contribution in [-0.4, -0.2) is 28.4 Å². The van der Waals surface area contributed by atoms with Crippen LogP contribution in [0, 0.1) is 0 Å². The number of imide groups is 1. The second-order valence-electron chi connectivity index (χ2n) is 9.32. The number of para-hydroxylation sites is 3. The third-order valence-corrected chi connectivity index (χ3v) is 7.38. The van der Waals surface area contributed by atoms with Crippen molar-refractivity contribution in [2.24, 2.45) is 0 Å². The lowest BCUT2D eigenvalue weighted by Gasteiger charge is -2.43. The topological polar surface area (TPSA) is 64.2 Å². The minimum atomic E-state index is -1.85. The Morgan fingerprint density at radius 2 is 1.19 bits per heavy atom. The zero-order chi connectivity index (χ0) is 25.1. The molecule has 0 saturated carbocycles. The Morgan fingerprint density at radius 3 is 1.86 bits per heavy atom. The molecule has 3 aliphatic rings. The second-order valence-corrected chi connectivity index (χ2v) is 9.32. The van der Waals surface area contributed by atoms with Crippen LogP contribution >= 0.6 is 0 Å². The van der Waals surface area contributed by atoms with Gasteiger partial charge in [0.2, 0.25) is 0 Å². The van der Waals surface area contributed by atoms with E-state index in [9.17, 15) is 14.4 Å². The summed E-state index contributed by atoms with van der Waals surface area (Å²) in [6.45, 7) is 0.299. The number of carbonyl (C=O) groups excluding carboxylic acids is 3. The molecular weight excluding hydrogens is 464 g/mol. The lowest BCUT2D eigenvalue weighted by Crippen LogP contribution is -2.65. The van der Waals surface area contributed by atoms with Crippen LogP contribution in [0.1, 0.15) is 17.3 Å². The van der Waals surface area contributed by atoms with E-state index < -0.39 is 29.7 Å². The molecule has 37 heavy (non-hydrogen) atoms. The molecule has 0 aromatic heterocycles. The van der Waals surface area contributed by atoms with Crippen molar-refractivity contribution < 1.29 is 14.4 Å². The summed E-state index contributed by atoms with van der Waals surface area (Å²) in [5, 5.41) is 0. The van der Waals surface area contributed by atoms with Gasteiger partial charge >= 0.3 is 6.03 Å². The SMILES string of the molecule is O=C1N(c2ccccc2)C(=O)C23C(=O)N(c4ccccc4)C(c4ccccc4N12)N3Cc1ccccc1. The number of fused-ring (bicyclic) bond motifs is 4. The Labute approximate surface area is 213 Å². The zero-order valence-corrected chi connectivity index (χ0v) is 19.8. The molecule has 7 nitrogen and oxygen atoms in total. The van der Waals surface area contributed by atoms with Crippen molar-refractivity contribution in [3.8, 4) is 0 Å². The van der Waals surface area contributed by atoms with Crippen molar-refractivity contribution in [2.45, 2.75) is 18.4 Å². The van der Waals surface area contributed by atoms with Gasteiger partial charge in [-0.15, -0.1) is 0 Å². The normalized spacial score (nSPS) is 22.4. The summed E-state index contributed by atoms with van der Waals surface area (Å²) >= 11 is 0. The van der Waals surface area contributed by atoms with Crippen LogP contribution in [0.3, 0.4) is 0 Å². The molecule has 0 aliphatic carbocycles. The summed E-state index contributed by atoms with van der Waals surface area (Å²) in [5.74, 6) is -1.00. The van der Waals surface area contributed by atoms with Gasteiger partial charge in [0.25, 0.3) is 17.5 Å². The van der Waals surface area contributed by atoms with E-state index in [2.05, 4.69) is 0 Å². The lowest BCUT2D eigenvalue weighted by molar-refractivity contribution is -0.137. The predicted molar refractivity (Wildman–Crippen MR) is 140 cm³/mol. The van der Waals surface area contributed by atoms with Crippen molar-refractivity contribution in [1.82, 2.24) is 4.90 Å². The molecule has 3 heterocycles. The van der Waals surface area contributed by atoms with E-state index in [0.29, 0.717) is 23.6 Å². The van der Waals surface area contributed by atoms with Crippen LogP contribution < -0.4 is 14.7 Å². The summed E-state index contributed by atoms with van der Waals surface area (Å²) in [5.41, 5.74) is 1.55. The zero-order valence-electron chi connectivity index (χ0n) is 19.8. The van der Waals surface area contributed by atoms with Gasteiger partial charge in [0.15, 0.2) is 0 Å². The predicted octanol–water partition coefficient (Wildman–Crippen LogP) is 4.92. The van der Waals surface area contributed by atoms with Gasteiger partial charge in [0.1, 0.15) is 6.17 Å². The number of benzene rings is 4. The van der Waals surface area contributed by atoms with Crippen LogP contribution in [0.4, 0.5) is 21.9 Å². The molecule has 1 spiro atoms. The third kappa shape index (κ3) is 2.77. The van der Waals surface area contributed by atoms with Crippen LogP contribution in [0.5, 0.6) is 0 Å². The van der Waals surface area contributed by atoms with Crippen molar-refractivity contribution in [3.05, 3.63) is 126 Å². The Kier molecular flexibility index (Phi) is 4.58. The summed E-state index contributed by atoms with van der Waals surface area (Å²) in [6, 6.07) is 34.8. The summed E-state index contributed by atoms with van der Waals surface area (Å²) in [7, 11) is 0. The Morgan fingerprint density at radius 1 is 0.622 bits per heavy atom. The molecule has 7 heteroatoms. The Balaban J connectivity index is 1.52. The molecule has 3 aliphatic heterocycles. The Hall–Kier alpha value is -4.75. The molecule has 2 saturated heterocycles. The molecule has 0 radical (unpaired) electrons. The van der Waals surface area contributed by atoms with E-state index in [1.165, 1.54) is 4.90 Å². The fraction of sp³-hybridized carbons (Fsp3) is 0.100. The Bertz CT molecular complexity index is 1540. The number of hydrogen-bond acceptors (Lipinski definition) is 4. The first-order valence-electron chi connectivity index (χ1n) is 12.2. The molecule has 4 aromatic rings. The number of hydrogen-bond donors (Lipinski definition) is 0. The summed E-state index contributed by atoms with van der Waals surface area (Å²) < 4.78 is 0. The largest absolute Gasteiger partial charge is 0.338 e. The number of amides is 4. The summed E-state index contributed by atoms with van der Waals surface area (Å²) in [4.78, 5) is 49.3.